The number of sulfonamides is 1. The number of carbonyl (C=O) groups excluding carboxylic acids is 1. The van der Waals surface area contributed by atoms with Gasteiger partial charge >= 0.3 is 0 Å². The summed E-state index contributed by atoms with van der Waals surface area (Å²) >= 11 is 0. The van der Waals surface area contributed by atoms with Gasteiger partial charge in [-0.25, -0.2) is 8.42 Å². The minimum Gasteiger partial charge on any atom is -0.286 e. The lowest BCUT2D eigenvalue weighted by molar-refractivity contribution is 0.564. The molecule has 0 saturated carbocycles. The highest BCUT2D eigenvalue weighted by Gasteiger charge is 2.04. The van der Waals surface area contributed by atoms with E-state index in [4.69, 9.17) is 0 Å². The molecular weight excluding hydrogens is 214 g/mol. The molecule has 1 aromatic carbocycles. The van der Waals surface area contributed by atoms with Crippen molar-refractivity contribution in [1.29, 1.82) is 0 Å². The van der Waals surface area contributed by atoms with Crippen LogP contribution in [0, 0.1) is 0 Å². The fourth-order valence-corrected chi connectivity index (χ4v) is 1.64. The van der Waals surface area contributed by atoms with Gasteiger partial charge in [0.15, 0.2) is 0 Å². The third-order valence-electron chi connectivity index (χ3n) is 1.59. The Morgan fingerprint density at radius 3 is 2.60 bits per heavy atom. The Hall–Kier alpha value is -1.62. The van der Waals surface area contributed by atoms with E-state index < -0.39 is 10.0 Å². The summed E-state index contributed by atoms with van der Waals surface area (Å²) < 4.78 is 24.4. The summed E-state index contributed by atoms with van der Waals surface area (Å²) in [6.07, 6.45) is 5.34. The summed E-state index contributed by atoms with van der Waals surface area (Å²) in [5.41, 5.74) is 1.05. The number of hydrogen-bond donors (Lipinski definition) is 1. The van der Waals surface area contributed by atoms with Crippen LogP contribution in [0.2, 0.25) is 0 Å². The Morgan fingerprint density at radius 1 is 1.33 bits per heavy atom. The van der Waals surface area contributed by atoms with Crippen molar-refractivity contribution in [3.63, 3.8) is 0 Å². The van der Waals surface area contributed by atoms with E-state index >= 15 is 0 Å². The van der Waals surface area contributed by atoms with Crippen LogP contribution >= 0.6 is 0 Å². The molecule has 1 N–H and O–H groups in total. The maximum Gasteiger partial charge on any atom is 0.229 e. The molecule has 0 atom stereocenters. The number of rotatable bonds is 4. The zero-order valence-corrected chi connectivity index (χ0v) is 8.91. The Morgan fingerprint density at radius 2 is 2.00 bits per heavy atom. The van der Waals surface area contributed by atoms with E-state index in [1.807, 2.05) is 0 Å². The van der Waals surface area contributed by atoms with Crippen LogP contribution in [0.15, 0.2) is 30.3 Å². The van der Waals surface area contributed by atoms with Gasteiger partial charge < -0.3 is 0 Å². The average molecular weight is 224 g/mol. The SMILES string of the molecule is CS(=O)(=O)Nc1ccccc1/C=C/[C]=O. The molecule has 4 nitrogen and oxygen atoms in total. The normalized spacial score (nSPS) is 11.5. The maximum absolute atomic E-state index is 11.0. The molecule has 79 valence electrons. The van der Waals surface area contributed by atoms with Crippen molar-refractivity contribution < 1.29 is 13.2 Å². The molecule has 0 amide bonds. The molecule has 1 radical (unpaired) electrons. The van der Waals surface area contributed by atoms with Gasteiger partial charge in [-0.2, -0.15) is 0 Å². The molecule has 0 saturated heterocycles. The topological polar surface area (TPSA) is 63.2 Å². The molecule has 1 rings (SSSR count). The van der Waals surface area contributed by atoms with E-state index in [-0.39, 0.29) is 0 Å². The lowest BCUT2D eigenvalue weighted by Gasteiger charge is -2.06. The maximum atomic E-state index is 11.0. The summed E-state index contributed by atoms with van der Waals surface area (Å²) in [5.74, 6) is 0. The van der Waals surface area contributed by atoms with Gasteiger partial charge in [0.2, 0.25) is 16.3 Å². The summed E-state index contributed by atoms with van der Waals surface area (Å²) in [5, 5.41) is 0. The Kier molecular flexibility index (Phi) is 3.62. The second-order valence-electron chi connectivity index (χ2n) is 2.91. The first kappa shape index (κ1) is 11.5. The predicted molar refractivity (Wildman–Crippen MR) is 59.6 cm³/mol. The van der Waals surface area contributed by atoms with Crippen LogP contribution in [-0.2, 0) is 14.8 Å². The Balaban J connectivity index is 3.06. The van der Waals surface area contributed by atoms with Crippen LogP contribution in [0.3, 0.4) is 0 Å². The molecule has 0 aromatic heterocycles. The molecular formula is C10H10NO3S. The van der Waals surface area contributed by atoms with Crippen molar-refractivity contribution in [1.82, 2.24) is 0 Å². The molecule has 0 spiro atoms. The second-order valence-corrected chi connectivity index (χ2v) is 4.66. The first-order valence-electron chi connectivity index (χ1n) is 4.14. The molecule has 0 unspecified atom stereocenters. The molecule has 0 fully saturated rings. The number of benzene rings is 1. The van der Waals surface area contributed by atoms with Crippen LogP contribution in [0.4, 0.5) is 5.69 Å². The second kappa shape index (κ2) is 4.75. The summed E-state index contributed by atoms with van der Waals surface area (Å²) in [6.45, 7) is 0. The third kappa shape index (κ3) is 3.95. The molecule has 0 aliphatic carbocycles. The van der Waals surface area contributed by atoms with Crippen LogP contribution in [0.1, 0.15) is 5.56 Å². The first-order chi connectivity index (χ1) is 7.03. The fourth-order valence-electron chi connectivity index (χ4n) is 1.06. The van der Waals surface area contributed by atoms with Crippen molar-refractivity contribution in [3.05, 3.63) is 35.9 Å². The summed E-state index contributed by atoms with van der Waals surface area (Å²) in [4.78, 5) is 10.0. The smallest absolute Gasteiger partial charge is 0.229 e. The van der Waals surface area contributed by atoms with E-state index in [0.717, 1.165) is 6.26 Å². The monoisotopic (exact) mass is 224 g/mol. The average Bonchev–Trinajstić information content (AvgIpc) is 2.14. The minimum atomic E-state index is -3.31. The van der Waals surface area contributed by atoms with Gasteiger partial charge in [0.1, 0.15) is 0 Å². The van der Waals surface area contributed by atoms with Gasteiger partial charge in [-0.15, -0.1) is 0 Å². The van der Waals surface area contributed by atoms with Crippen LogP contribution in [-0.4, -0.2) is 21.0 Å². The molecule has 0 aliphatic heterocycles. The van der Waals surface area contributed by atoms with Crippen LogP contribution < -0.4 is 4.72 Å². The van der Waals surface area contributed by atoms with E-state index in [2.05, 4.69) is 4.72 Å². The minimum absolute atomic E-state index is 0.437. The van der Waals surface area contributed by atoms with Crippen molar-refractivity contribution >= 4 is 28.1 Å². The van der Waals surface area contributed by atoms with Gasteiger partial charge in [0.05, 0.1) is 11.9 Å². The van der Waals surface area contributed by atoms with E-state index in [9.17, 15) is 13.2 Å². The van der Waals surface area contributed by atoms with Gasteiger partial charge in [-0.3, -0.25) is 9.52 Å². The van der Waals surface area contributed by atoms with Crippen molar-refractivity contribution in [2.45, 2.75) is 0 Å². The number of para-hydroxylation sites is 1. The molecule has 0 heterocycles. The van der Waals surface area contributed by atoms with Gasteiger partial charge in [-0.1, -0.05) is 18.2 Å². The number of hydrogen-bond acceptors (Lipinski definition) is 3. The first-order valence-corrected chi connectivity index (χ1v) is 6.03. The fraction of sp³-hybridized carbons (Fsp3) is 0.100. The highest BCUT2D eigenvalue weighted by molar-refractivity contribution is 7.92. The molecule has 0 aliphatic rings. The van der Waals surface area contributed by atoms with E-state index in [1.54, 1.807) is 30.6 Å². The summed E-state index contributed by atoms with van der Waals surface area (Å²) in [7, 11) is -3.31. The van der Waals surface area contributed by atoms with Crippen molar-refractivity contribution in [2.24, 2.45) is 0 Å². The standard InChI is InChI=1S/C10H10NO3S/c1-15(13,14)11-10-7-3-2-5-9(10)6-4-8-12/h2-7,11H,1H3/b6-4+. The molecule has 15 heavy (non-hydrogen) atoms. The van der Waals surface area contributed by atoms with Gasteiger partial charge in [0.25, 0.3) is 0 Å². The highest BCUT2D eigenvalue weighted by Crippen LogP contribution is 2.17. The number of nitrogens with one attached hydrogen (secondary N) is 1. The largest absolute Gasteiger partial charge is 0.286 e. The quantitative estimate of drug-likeness (QED) is 0.781. The lowest BCUT2D eigenvalue weighted by atomic mass is 10.2. The van der Waals surface area contributed by atoms with Gasteiger partial charge in [-0.05, 0) is 23.8 Å². The summed E-state index contributed by atoms with van der Waals surface area (Å²) in [6, 6.07) is 6.76. The van der Waals surface area contributed by atoms with E-state index in [1.165, 1.54) is 12.2 Å². The van der Waals surface area contributed by atoms with Crippen molar-refractivity contribution in [2.75, 3.05) is 11.0 Å². The lowest BCUT2D eigenvalue weighted by Crippen LogP contribution is -2.10. The predicted octanol–water partition coefficient (Wildman–Crippen LogP) is 1.18. The third-order valence-corrected chi connectivity index (χ3v) is 2.18. The van der Waals surface area contributed by atoms with Crippen LogP contribution in [0.25, 0.3) is 6.08 Å². The zero-order valence-electron chi connectivity index (χ0n) is 8.10. The molecule has 5 heteroatoms. The zero-order chi connectivity index (χ0) is 11.3. The van der Waals surface area contributed by atoms with Crippen LogP contribution in [0.5, 0.6) is 0 Å². The van der Waals surface area contributed by atoms with E-state index in [0.29, 0.717) is 11.3 Å². The van der Waals surface area contributed by atoms with Crippen molar-refractivity contribution in [3.8, 4) is 0 Å². The highest BCUT2D eigenvalue weighted by atomic mass is 32.2. The number of anilines is 1. The number of allylic oxidation sites excluding steroid dienone is 1. The Labute approximate surface area is 88.7 Å². The molecule has 0 bridgehead atoms. The van der Waals surface area contributed by atoms with Gasteiger partial charge in [0, 0.05) is 0 Å². The molecule has 1 aromatic rings. The Bertz CT molecular complexity index is 477.